The largest absolute Gasteiger partial charge is 0.381 e. The third kappa shape index (κ3) is 3.92. The Morgan fingerprint density at radius 2 is 1.90 bits per heavy atom. The number of carbonyl (C=O) groups excluding carboxylic acids is 2. The summed E-state index contributed by atoms with van der Waals surface area (Å²) in [4.78, 5) is 28.1. The van der Waals surface area contributed by atoms with Gasteiger partial charge in [-0.05, 0) is 35.7 Å². The average Bonchev–Trinajstić information content (AvgIpc) is 3.18. The summed E-state index contributed by atoms with van der Waals surface area (Å²) in [6.45, 7) is 1.12. The number of hydrogen-bond acceptors (Lipinski definition) is 3. The van der Waals surface area contributed by atoms with Crippen molar-refractivity contribution in [2.45, 2.75) is 24.9 Å². The minimum atomic E-state index is -1.11. The Kier molecular flexibility index (Phi) is 5.79. The zero-order chi connectivity index (χ0) is 21.8. The molecule has 0 unspecified atom stereocenters. The van der Waals surface area contributed by atoms with Gasteiger partial charge in [0, 0.05) is 62.4 Å². The molecule has 0 aliphatic carbocycles. The fraction of sp³-hybridized carbons (Fsp3) is 0.280. The summed E-state index contributed by atoms with van der Waals surface area (Å²) in [5.74, 6) is 1.47. The van der Waals surface area contributed by atoms with Crippen LogP contribution in [0.3, 0.4) is 0 Å². The van der Waals surface area contributed by atoms with Crippen LogP contribution in [-0.4, -0.2) is 35.1 Å². The van der Waals surface area contributed by atoms with Gasteiger partial charge >= 0.3 is 5.91 Å². The Labute approximate surface area is 181 Å². The van der Waals surface area contributed by atoms with Crippen molar-refractivity contribution in [2.24, 2.45) is 7.05 Å². The number of fused-ring (bicyclic) bond motifs is 1. The number of nitrogens with one attached hydrogen (secondary N) is 1. The lowest BCUT2D eigenvalue weighted by Crippen LogP contribution is -2.63. The van der Waals surface area contributed by atoms with Crippen molar-refractivity contribution in [2.75, 3.05) is 18.1 Å². The third-order valence-corrected chi connectivity index (χ3v) is 5.92. The molecule has 2 amide bonds. The second kappa shape index (κ2) is 8.66. The SMILES string of the molecule is C#CC(=O)N(c1ccc2c(ccn2C)c1)C1(C(=O)NCc2ccccc2)CCOCC1. The van der Waals surface area contributed by atoms with Gasteiger partial charge in [0.1, 0.15) is 5.54 Å². The van der Waals surface area contributed by atoms with Crippen molar-refractivity contribution < 1.29 is 14.3 Å². The Morgan fingerprint density at radius 1 is 1.16 bits per heavy atom. The van der Waals surface area contributed by atoms with E-state index in [1.165, 1.54) is 4.90 Å². The molecule has 0 spiro atoms. The molecule has 158 valence electrons. The summed E-state index contributed by atoms with van der Waals surface area (Å²) in [6.07, 6.45) is 8.24. The van der Waals surface area contributed by atoms with Gasteiger partial charge in [-0.25, -0.2) is 0 Å². The molecule has 0 radical (unpaired) electrons. The predicted molar refractivity (Wildman–Crippen MR) is 120 cm³/mol. The van der Waals surface area contributed by atoms with Crippen LogP contribution in [0.15, 0.2) is 60.8 Å². The minimum absolute atomic E-state index is 0.226. The molecular formula is C25H25N3O3. The van der Waals surface area contributed by atoms with Gasteiger partial charge in [-0.2, -0.15) is 0 Å². The molecule has 2 aromatic carbocycles. The van der Waals surface area contributed by atoms with Gasteiger partial charge < -0.3 is 14.6 Å². The van der Waals surface area contributed by atoms with Gasteiger partial charge in [0.2, 0.25) is 5.91 Å². The normalized spacial score (nSPS) is 15.2. The predicted octanol–water partition coefficient (Wildman–Crippen LogP) is 3.01. The number of rotatable bonds is 5. The summed E-state index contributed by atoms with van der Waals surface area (Å²) in [5, 5.41) is 3.99. The monoisotopic (exact) mass is 415 g/mol. The summed E-state index contributed by atoms with van der Waals surface area (Å²) in [6, 6.07) is 17.4. The van der Waals surface area contributed by atoms with Gasteiger partial charge in [0.05, 0.1) is 0 Å². The van der Waals surface area contributed by atoms with E-state index in [1.54, 1.807) is 0 Å². The van der Waals surface area contributed by atoms with Crippen LogP contribution in [0.5, 0.6) is 0 Å². The van der Waals surface area contributed by atoms with Gasteiger partial charge in [0.25, 0.3) is 0 Å². The molecule has 6 heteroatoms. The van der Waals surface area contributed by atoms with Gasteiger partial charge in [-0.1, -0.05) is 30.3 Å². The van der Waals surface area contributed by atoms with Crippen molar-refractivity contribution in [1.29, 1.82) is 0 Å². The number of amides is 2. The third-order valence-electron chi connectivity index (χ3n) is 5.92. The van der Waals surface area contributed by atoms with E-state index in [4.69, 9.17) is 11.2 Å². The van der Waals surface area contributed by atoms with Crippen LogP contribution in [0, 0.1) is 12.3 Å². The molecule has 1 aliphatic heterocycles. The van der Waals surface area contributed by atoms with E-state index in [0.29, 0.717) is 38.3 Å². The summed E-state index contributed by atoms with van der Waals surface area (Å²) in [5.41, 5.74) is 1.52. The summed E-state index contributed by atoms with van der Waals surface area (Å²) in [7, 11) is 1.96. The molecule has 6 nitrogen and oxygen atoms in total. The van der Waals surface area contributed by atoms with Crippen molar-refractivity contribution in [3.63, 3.8) is 0 Å². The lowest BCUT2D eigenvalue weighted by Gasteiger charge is -2.44. The Morgan fingerprint density at radius 3 is 2.61 bits per heavy atom. The quantitative estimate of drug-likeness (QED) is 0.652. The molecule has 31 heavy (non-hydrogen) atoms. The van der Waals surface area contributed by atoms with Crippen molar-refractivity contribution in [3.05, 3.63) is 66.4 Å². The van der Waals surface area contributed by atoms with Crippen LogP contribution in [0.4, 0.5) is 5.69 Å². The molecule has 3 aromatic rings. The highest BCUT2D eigenvalue weighted by molar-refractivity contribution is 6.11. The molecule has 1 saturated heterocycles. The first-order valence-corrected chi connectivity index (χ1v) is 10.3. The van der Waals surface area contributed by atoms with E-state index >= 15 is 0 Å². The maximum absolute atomic E-state index is 13.6. The number of benzene rings is 2. The average molecular weight is 415 g/mol. The molecule has 4 rings (SSSR count). The first kappa shape index (κ1) is 20.7. The molecule has 1 fully saturated rings. The van der Waals surface area contributed by atoms with Crippen molar-refractivity contribution >= 4 is 28.4 Å². The van der Waals surface area contributed by atoms with Gasteiger partial charge in [-0.3, -0.25) is 14.5 Å². The molecule has 1 N–H and O–H groups in total. The van der Waals surface area contributed by atoms with Crippen LogP contribution in [0.25, 0.3) is 10.9 Å². The maximum atomic E-state index is 13.6. The molecule has 0 saturated carbocycles. The maximum Gasteiger partial charge on any atom is 0.303 e. The molecular weight excluding hydrogens is 390 g/mol. The Bertz CT molecular complexity index is 1140. The highest BCUT2D eigenvalue weighted by Crippen LogP contribution is 2.35. The van der Waals surface area contributed by atoms with E-state index in [2.05, 4.69) is 11.2 Å². The second-order valence-electron chi connectivity index (χ2n) is 7.77. The summed E-state index contributed by atoms with van der Waals surface area (Å²) < 4.78 is 7.54. The smallest absolute Gasteiger partial charge is 0.303 e. The van der Waals surface area contributed by atoms with Gasteiger partial charge in [-0.15, -0.1) is 6.42 Å². The van der Waals surface area contributed by atoms with Crippen LogP contribution in [-0.2, 0) is 27.9 Å². The Balaban J connectivity index is 1.73. The zero-order valence-electron chi connectivity index (χ0n) is 17.5. The van der Waals surface area contributed by atoms with Crippen LogP contribution >= 0.6 is 0 Å². The number of aryl methyl sites for hydroxylation is 1. The fourth-order valence-corrected chi connectivity index (χ4v) is 4.24. The van der Waals surface area contributed by atoms with Crippen LogP contribution in [0.1, 0.15) is 18.4 Å². The second-order valence-corrected chi connectivity index (χ2v) is 7.77. The fourth-order valence-electron chi connectivity index (χ4n) is 4.24. The number of aromatic nitrogens is 1. The number of ether oxygens (including phenoxy) is 1. The first-order valence-electron chi connectivity index (χ1n) is 10.3. The van der Waals surface area contributed by atoms with E-state index in [-0.39, 0.29) is 5.91 Å². The molecule has 1 aliphatic rings. The molecule has 0 bridgehead atoms. The van der Waals surface area contributed by atoms with Crippen molar-refractivity contribution in [1.82, 2.24) is 9.88 Å². The number of nitrogens with zero attached hydrogens (tertiary/aromatic N) is 2. The number of terminal acetylenes is 1. The number of carbonyl (C=O) groups is 2. The zero-order valence-corrected chi connectivity index (χ0v) is 17.5. The van der Waals surface area contributed by atoms with Gasteiger partial charge in [0.15, 0.2) is 0 Å². The molecule has 2 heterocycles. The van der Waals surface area contributed by atoms with Crippen LogP contribution < -0.4 is 10.2 Å². The van der Waals surface area contributed by atoms with E-state index in [9.17, 15) is 9.59 Å². The van der Waals surface area contributed by atoms with E-state index in [1.807, 2.05) is 72.4 Å². The first-order chi connectivity index (χ1) is 15.0. The standard InChI is InChI=1S/C25H25N3O3/c1-3-23(29)28(21-9-10-22-20(17-21)11-14-27(22)2)25(12-15-31-16-13-25)24(30)26-18-19-7-5-4-6-8-19/h1,4-11,14,17H,12-13,15-16,18H2,2H3,(H,26,30). The minimum Gasteiger partial charge on any atom is -0.381 e. The summed E-state index contributed by atoms with van der Waals surface area (Å²) >= 11 is 0. The van der Waals surface area contributed by atoms with E-state index < -0.39 is 11.4 Å². The highest BCUT2D eigenvalue weighted by Gasteiger charge is 2.48. The Hall–Kier alpha value is -3.56. The van der Waals surface area contributed by atoms with E-state index in [0.717, 1.165) is 16.5 Å². The number of anilines is 1. The van der Waals surface area contributed by atoms with Crippen LogP contribution in [0.2, 0.25) is 0 Å². The topological polar surface area (TPSA) is 63.6 Å². The molecule has 0 atom stereocenters. The molecule has 1 aromatic heterocycles. The highest BCUT2D eigenvalue weighted by atomic mass is 16.5. The lowest BCUT2D eigenvalue weighted by atomic mass is 9.85. The number of hydrogen-bond donors (Lipinski definition) is 1. The lowest BCUT2D eigenvalue weighted by molar-refractivity contribution is -0.133. The van der Waals surface area contributed by atoms with Crippen molar-refractivity contribution in [3.8, 4) is 12.3 Å².